The number of ether oxygens (including phenoxy) is 1. The number of hydrogen-bond acceptors (Lipinski definition) is 4. The number of amides is 2. The molecule has 28 heavy (non-hydrogen) atoms. The van der Waals surface area contributed by atoms with Crippen molar-refractivity contribution in [3.63, 3.8) is 0 Å². The average molecular weight is 403 g/mol. The van der Waals surface area contributed by atoms with Gasteiger partial charge in [0.2, 0.25) is 5.91 Å². The minimum absolute atomic E-state index is 0.0483. The number of carbonyl (C=O) groups is 3. The summed E-state index contributed by atoms with van der Waals surface area (Å²) in [6, 6.07) is 12.5. The summed E-state index contributed by atoms with van der Waals surface area (Å²) in [7, 11) is 0. The second-order valence-corrected chi connectivity index (χ2v) is 6.75. The number of rotatable bonds is 8. The highest BCUT2D eigenvalue weighted by Gasteiger charge is 2.11. The monoisotopic (exact) mass is 402 g/mol. The molecule has 0 bridgehead atoms. The van der Waals surface area contributed by atoms with Crippen LogP contribution in [-0.2, 0) is 19.1 Å². The summed E-state index contributed by atoms with van der Waals surface area (Å²) >= 11 is 5.97. The zero-order chi connectivity index (χ0) is 20.5. The standard InChI is InChI=1S/C21H23ClN2O4/c1-14-7-5-10-17(15(14)2)23-20(26)13-28-21(27)12-6-11-19(25)24-18-9-4-3-8-16(18)22/h3-5,7-10H,6,11-13H2,1-2H3,(H,23,26)(H,24,25). The molecule has 2 N–H and O–H groups in total. The smallest absolute Gasteiger partial charge is 0.306 e. The molecule has 0 spiro atoms. The van der Waals surface area contributed by atoms with E-state index in [2.05, 4.69) is 10.6 Å². The Labute approximate surface area is 169 Å². The van der Waals surface area contributed by atoms with E-state index in [1.54, 1.807) is 30.3 Å². The predicted octanol–water partition coefficient (Wildman–Crippen LogP) is 4.25. The molecule has 0 unspecified atom stereocenters. The Morgan fingerprint density at radius 1 is 0.893 bits per heavy atom. The van der Waals surface area contributed by atoms with Crippen LogP contribution < -0.4 is 10.6 Å². The first-order valence-electron chi connectivity index (χ1n) is 8.93. The zero-order valence-corrected chi connectivity index (χ0v) is 16.6. The molecule has 2 rings (SSSR count). The summed E-state index contributed by atoms with van der Waals surface area (Å²) in [6.45, 7) is 3.50. The van der Waals surface area contributed by atoms with Gasteiger partial charge in [0.25, 0.3) is 5.91 Å². The Bertz CT molecular complexity index is 867. The highest BCUT2D eigenvalue weighted by molar-refractivity contribution is 6.33. The van der Waals surface area contributed by atoms with Crippen molar-refractivity contribution in [3.05, 3.63) is 58.6 Å². The van der Waals surface area contributed by atoms with Crippen LogP contribution in [0.4, 0.5) is 11.4 Å². The van der Waals surface area contributed by atoms with Crippen molar-refractivity contribution in [3.8, 4) is 0 Å². The fourth-order valence-corrected chi connectivity index (χ4v) is 2.64. The molecule has 7 heteroatoms. The van der Waals surface area contributed by atoms with E-state index in [0.29, 0.717) is 22.8 Å². The summed E-state index contributed by atoms with van der Waals surface area (Å²) in [5, 5.41) is 5.85. The number of nitrogens with one attached hydrogen (secondary N) is 2. The summed E-state index contributed by atoms with van der Waals surface area (Å²) < 4.78 is 4.96. The number of esters is 1. The van der Waals surface area contributed by atoms with E-state index in [1.807, 2.05) is 26.0 Å². The number of benzene rings is 2. The number of carbonyl (C=O) groups excluding carboxylic acids is 3. The number of halogens is 1. The third-order valence-electron chi connectivity index (χ3n) is 4.18. The summed E-state index contributed by atoms with van der Waals surface area (Å²) in [5.41, 5.74) is 3.24. The minimum atomic E-state index is -0.526. The number of anilines is 2. The van der Waals surface area contributed by atoms with Crippen molar-refractivity contribution in [1.82, 2.24) is 0 Å². The molecule has 2 amide bonds. The van der Waals surface area contributed by atoms with Gasteiger partial charge in [0.1, 0.15) is 0 Å². The first-order chi connectivity index (χ1) is 13.4. The maximum absolute atomic E-state index is 11.9. The van der Waals surface area contributed by atoms with Crippen LogP contribution in [0.5, 0.6) is 0 Å². The number of para-hydroxylation sites is 1. The Kier molecular flexibility index (Phi) is 8.02. The second kappa shape index (κ2) is 10.5. The summed E-state index contributed by atoms with van der Waals surface area (Å²) in [6.07, 6.45) is 0.509. The maximum atomic E-state index is 11.9. The van der Waals surface area contributed by atoms with Gasteiger partial charge in [-0.1, -0.05) is 35.9 Å². The summed E-state index contributed by atoms with van der Waals surface area (Å²) in [4.78, 5) is 35.6. The first-order valence-corrected chi connectivity index (χ1v) is 9.30. The molecule has 0 saturated carbocycles. The Hall–Kier alpha value is -2.86. The fraction of sp³-hybridized carbons (Fsp3) is 0.286. The van der Waals surface area contributed by atoms with Gasteiger partial charge >= 0.3 is 5.97 Å². The van der Waals surface area contributed by atoms with E-state index in [-0.39, 0.29) is 25.4 Å². The SMILES string of the molecule is Cc1cccc(NC(=O)COC(=O)CCCC(=O)Nc2ccccc2Cl)c1C. The van der Waals surface area contributed by atoms with Gasteiger partial charge in [0.15, 0.2) is 6.61 Å². The van der Waals surface area contributed by atoms with E-state index >= 15 is 0 Å². The van der Waals surface area contributed by atoms with Gasteiger partial charge in [-0.05, 0) is 49.6 Å². The van der Waals surface area contributed by atoms with Crippen molar-refractivity contribution in [2.24, 2.45) is 0 Å². The van der Waals surface area contributed by atoms with Gasteiger partial charge in [-0.3, -0.25) is 14.4 Å². The molecule has 6 nitrogen and oxygen atoms in total. The summed E-state index contributed by atoms with van der Waals surface area (Å²) in [5.74, 6) is -1.17. The molecular formula is C21H23ClN2O4. The van der Waals surface area contributed by atoms with Gasteiger partial charge in [0.05, 0.1) is 10.7 Å². The molecule has 0 aromatic heterocycles. The van der Waals surface area contributed by atoms with Crippen LogP contribution in [0.25, 0.3) is 0 Å². The van der Waals surface area contributed by atoms with Crippen LogP contribution in [-0.4, -0.2) is 24.4 Å². The van der Waals surface area contributed by atoms with E-state index < -0.39 is 11.9 Å². The molecule has 0 aliphatic rings. The van der Waals surface area contributed by atoms with Crippen LogP contribution >= 0.6 is 11.6 Å². The molecular weight excluding hydrogens is 380 g/mol. The fourth-order valence-electron chi connectivity index (χ4n) is 2.46. The Balaban J connectivity index is 1.67. The molecule has 2 aromatic rings. The van der Waals surface area contributed by atoms with Crippen LogP contribution in [0.15, 0.2) is 42.5 Å². The predicted molar refractivity (Wildman–Crippen MR) is 109 cm³/mol. The average Bonchev–Trinajstić information content (AvgIpc) is 2.66. The minimum Gasteiger partial charge on any atom is -0.456 e. The van der Waals surface area contributed by atoms with Gasteiger partial charge in [0, 0.05) is 18.5 Å². The van der Waals surface area contributed by atoms with Crippen molar-refractivity contribution in [1.29, 1.82) is 0 Å². The lowest BCUT2D eigenvalue weighted by molar-refractivity contribution is -0.147. The van der Waals surface area contributed by atoms with Gasteiger partial charge < -0.3 is 15.4 Å². The molecule has 0 atom stereocenters. The third kappa shape index (κ3) is 6.70. The van der Waals surface area contributed by atoms with Crippen LogP contribution in [0.3, 0.4) is 0 Å². The maximum Gasteiger partial charge on any atom is 0.306 e. The van der Waals surface area contributed by atoms with Crippen LogP contribution in [0.1, 0.15) is 30.4 Å². The zero-order valence-electron chi connectivity index (χ0n) is 15.9. The van der Waals surface area contributed by atoms with Gasteiger partial charge in [-0.15, -0.1) is 0 Å². The quantitative estimate of drug-likeness (QED) is 0.646. The van der Waals surface area contributed by atoms with E-state index in [1.165, 1.54) is 0 Å². The van der Waals surface area contributed by atoms with Crippen LogP contribution in [0.2, 0.25) is 5.02 Å². The molecule has 0 aliphatic heterocycles. The molecule has 0 saturated heterocycles. The Morgan fingerprint density at radius 3 is 2.32 bits per heavy atom. The first kappa shape index (κ1) is 21.4. The molecule has 0 aliphatic carbocycles. The molecule has 0 fully saturated rings. The normalized spacial score (nSPS) is 10.2. The van der Waals surface area contributed by atoms with Crippen LogP contribution in [0, 0.1) is 13.8 Å². The van der Waals surface area contributed by atoms with Crippen molar-refractivity contribution in [2.45, 2.75) is 33.1 Å². The van der Waals surface area contributed by atoms with Crippen molar-refractivity contribution in [2.75, 3.05) is 17.2 Å². The molecule has 0 heterocycles. The lowest BCUT2D eigenvalue weighted by Crippen LogP contribution is -2.21. The van der Waals surface area contributed by atoms with Gasteiger partial charge in [-0.25, -0.2) is 0 Å². The highest BCUT2D eigenvalue weighted by atomic mass is 35.5. The number of aryl methyl sites for hydroxylation is 1. The topological polar surface area (TPSA) is 84.5 Å². The van der Waals surface area contributed by atoms with E-state index in [4.69, 9.17) is 16.3 Å². The van der Waals surface area contributed by atoms with E-state index in [0.717, 1.165) is 11.1 Å². The van der Waals surface area contributed by atoms with Crippen molar-refractivity contribution >= 4 is 40.8 Å². The highest BCUT2D eigenvalue weighted by Crippen LogP contribution is 2.21. The second-order valence-electron chi connectivity index (χ2n) is 6.34. The largest absolute Gasteiger partial charge is 0.456 e. The molecule has 2 aromatic carbocycles. The number of hydrogen-bond donors (Lipinski definition) is 2. The lowest BCUT2D eigenvalue weighted by Gasteiger charge is -2.10. The third-order valence-corrected chi connectivity index (χ3v) is 4.51. The molecule has 0 radical (unpaired) electrons. The Morgan fingerprint density at radius 2 is 1.57 bits per heavy atom. The van der Waals surface area contributed by atoms with Crippen molar-refractivity contribution < 1.29 is 19.1 Å². The molecule has 148 valence electrons. The van der Waals surface area contributed by atoms with E-state index in [9.17, 15) is 14.4 Å². The lowest BCUT2D eigenvalue weighted by atomic mass is 10.1. The van der Waals surface area contributed by atoms with Gasteiger partial charge in [-0.2, -0.15) is 0 Å².